The number of ether oxygens (including phenoxy) is 1. The van der Waals surface area contributed by atoms with Crippen molar-refractivity contribution in [1.82, 2.24) is 9.47 Å². The number of aromatic nitrogens is 1. The van der Waals surface area contributed by atoms with Gasteiger partial charge in [0, 0.05) is 46.0 Å². The zero-order chi connectivity index (χ0) is 43.9. The summed E-state index contributed by atoms with van der Waals surface area (Å²) in [5.74, 6) is 1.69. The number of anilines is 1. The molecule has 3 aromatic carbocycles. The summed E-state index contributed by atoms with van der Waals surface area (Å²) in [6.07, 6.45) is 18.3. The third-order valence-corrected chi connectivity index (χ3v) is 11.4. The molecule has 0 saturated carbocycles. The fourth-order valence-corrected chi connectivity index (χ4v) is 7.52. The number of hydrogen-bond acceptors (Lipinski definition) is 3. The maximum absolute atomic E-state index is 13.6. The maximum Gasteiger partial charge on any atom is 0.255 e. The van der Waals surface area contributed by atoms with Crippen molar-refractivity contribution in [2.45, 2.75) is 147 Å². The summed E-state index contributed by atoms with van der Waals surface area (Å²) in [5.41, 5.74) is 11.2. The van der Waals surface area contributed by atoms with Crippen LogP contribution >= 0.6 is 0 Å². The van der Waals surface area contributed by atoms with Gasteiger partial charge in [0.1, 0.15) is 5.75 Å². The zero-order valence-corrected chi connectivity index (χ0v) is 39.7. The van der Waals surface area contributed by atoms with Crippen molar-refractivity contribution in [3.8, 4) is 5.75 Å². The van der Waals surface area contributed by atoms with Crippen LogP contribution in [0.2, 0.25) is 0 Å². The van der Waals surface area contributed by atoms with Crippen LogP contribution in [0.4, 0.5) is 5.69 Å². The third kappa shape index (κ3) is 14.7. The van der Waals surface area contributed by atoms with Crippen LogP contribution in [0.3, 0.4) is 0 Å². The fourth-order valence-electron chi connectivity index (χ4n) is 7.52. The third-order valence-electron chi connectivity index (χ3n) is 11.4. The second kappa shape index (κ2) is 27.4. The van der Waals surface area contributed by atoms with Gasteiger partial charge in [-0.15, -0.1) is 0 Å². The summed E-state index contributed by atoms with van der Waals surface area (Å²) in [5, 5.41) is 4.51. The summed E-state index contributed by atoms with van der Waals surface area (Å²) < 4.78 is 8.48. The molecule has 59 heavy (non-hydrogen) atoms. The fraction of sp³-hybridized carbons (Fsp3) is 0.500. The van der Waals surface area contributed by atoms with E-state index < -0.39 is 0 Å². The molecule has 1 aromatic heterocycles. The topological polar surface area (TPSA) is 46.5 Å². The van der Waals surface area contributed by atoms with Gasteiger partial charge in [0.05, 0.1) is 7.11 Å². The van der Waals surface area contributed by atoms with Crippen LogP contribution in [0, 0.1) is 19.8 Å². The van der Waals surface area contributed by atoms with E-state index in [0.717, 1.165) is 72.8 Å². The van der Waals surface area contributed by atoms with Crippen molar-refractivity contribution >= 4 is 28.1 Å². The molecule has 0 radical (unpaired) electrons. The largest absolute Gasteiger partial charge is 0.496 e. The Morgan fingerprint density at radius 2 is 1.58 bits per heavy atom. The monoisotopic (exact) mass is 804 g/mol. The number of rotatable bonds is 21. The van der Waals surface area contributed by atoms with Gasteiger partial charge >= 0.3 is 0 Å². The van der Waals surface area contributed by atoms with Crippen molar-refractivity contribution in [1.29, 1.82) is 0 Å². The smallest absolute Gasteiger partial charge is 0.255 e. The minimum Gasteiger partial charge on any atom is -0.496 e. The average molecular weight is 804 g/mol. The van der Waals surface area contributed by atoms with E-state index in [-0.39, 0.29) is 11.8 Å². The summed E-state index contributed by atoms with van der Waals surface area (Å²) in [6.45, 7) is 32.7. The lowest BCUT2D eigenvalue weighted by molar-refractivity contribution is 0.102. The zero-order valence-electron chi connectivity index (χ0n) is 39.7. The standard InChI is InChI=1S/C50H69N3O2.2C2H6/c1-11-16-17-20-42(19-12-2)49-45(37(7)15-5)34-44(35-48(49)55-10)51-50(54)43-24-21-40(22-25-43)32-41-23-26-47-46(33-41)38(8)39(9)53(47)30-18-29-52(28-13-3)31-27-36(6)14-4;2*1-2/h12,16-17,19-26,33-37H,11,13-15,18,27-32H2,1-10H3,(H,51,54);2*1-2H3/b17-16+,19-12-,42-20+;;. The number of carbonyl (C=O) groups excluding carboxylic acids is 1. The van der Waals surface area contributed by atoms with Crippen LogP contribution < -0.4 is 10.1 Å². The normalized spacial score (nSPS) is 12.7. The molecule has 0 aliphatic heterocycles. The van der Waals surface area contributed by atoms with E-state index in [0.29, 0.717) is 5.56 Å². The first-order valence-corrected chi connectivity index (χ1v) is 23.0. The van der Waals surface area contributed by atoms with Crippen molar-refractivity contribution in [2.75, 3.05) is 32.1 Å². The van der Waals surface area contributed by atoms with Gasteiger partial charge in [0.2, 0.25) is 0 Å². The first kappa shape index (κ1) is 50.8. The maximum atomic E-state index is 13.6. The summed E-state index contributed by atoms with van der Waals surface area (Å²) in [6, 6.07) is 19.0. The highest BCUT2D eigenvalue weighted by Gasteiger charge is 2.20. The Morgan fingerprint density at radius 3 is 2.19 bits per heavy atom. The van der Waals surface area contributed by atoms with E-state index in [1.54, 1.807) is 7.11 Å². The quantitative estimate of drug-likeness (QED) is 0.0854. The Bertz CT molecular complexity index is 1930. The molecule has 1 N–H and O–H groups in total. The molecule has 4 rings (SSSR count). The van der Waals surface area contributed by atoms with Crippen molar-refractivity contribution < 1.29 is 9.53 Å². The van der Waals surface area contributed by atoms with Crippen LogP contribution in [-0.2, 0) is 13.0 Å². The number of carbonyl (C=O) groups is 1. The van der Waals surface area contributed by atoms with Gasteiger partial charge in [0.15, 0.2) is 0 Å². The minimum absolute atomic E-state index is 0.131. The summed E-state index contributed by atoms with van der Waals surface area (Å²) in [4.78, 5) is 16.2. The van der Waals surface area contributed by atoms with Crippen LogP contribution in [0.25, 0.3) is 16.5 Å². The predicted octanol–water partition coefficient (Wildman–Crippen LogP) is 15.1. The van der Waals surface area contributed by atoms with Crippen molar-refractivity contribution in [3.63, 3.8) is 0 Å². The van der Waals surface area contributed by atoms with Gasteiger partial charge in [-0.25, -0.2) is 0 Å². The lowest BCUT2D eigenvalue weighted by atomic mass is 9.88. The minimum atomic E-state index is -0.131. The molecule has 0 spiro atoms. The van der Waals surface area contributed by atoms with E-state index in [4.69, 9.17) is 4.74 Å². The molecule has 0 aliphatic carbocycles. The molecule has 0 bridgehead atoms. The molecule has 1 heterocycles. The first-order chi connectivity index (χ1) is 28.6. The highest BCUT2D eigenvalue weighted by molar-refractivity contribution is 6.04. The molecule has 2 atom stereocenters. The van der Waals surface area contributed by atoms with E-state index >= 15 is 0 Å². The Labute approximate surface area is 361 Å². The molecule has 5 heteroatoms. The van der Waals surface area contributed by atoms with Crippen molar-refractivity contribution in [3.05, 3.63) is 124 Å². The number of hydrogen-bond donors (Lipinski definition) is 1. The number of amides is 1. The lowest BCUT2D eigenvalue weighted by Crippen LogP contribution is -2.28. The van der Waals surface area contributed by atoms with Gasteiger partial charge in [-0.3, -0.25) is 4.79 Å². The van der Waals surface area contributed by atoms with Crippen molar-refractivity contribution in [2.24, 2.45) is 5.92 Å². The lowest BCUT2D eigenvalue weighted by Gasteiger charge is -2.23. The number of nitrogens with zero attached hydrogens (tertiary/aromatic N) is 2. The SMILES string of the molecule is CC.CC.C\C=C/C(=C\C=C\CC)c1c(OC)cc(NC(=O)c2ccc(Cc3ccc4c(c3)c(C)c(C)n4CCCN(CCC)CCC(C)CC)cc2)cc1C(C)CC. The molecular formula is C54H81N3O2. The summed E-state index contributed by atoms with van der Waals surface area (Å²) >= 11 is 0. The van der Waals surface area contributed by atoms with E-state index in [1.807, 2.05) is 52.8 Å². The molecule has 0 aliphatic rings. The van der Waals surface area contributed by atoms with Crippen LogP contribution in [-0.4, -0.2) is 42.1 Å². The Morgan fingerprint density at radius 1 is 0.881 bits per heavy atom. The van der Waals surface area contributed by atoms with Gasteiger partial charge in [-0.1, -0.05) is 124 Å². The van der Waals surface area contributed by atoms with E-state index in [9.17, 15) is 4.79 Å². The van der Waals surface area contributed by atoms with Gasteiger partial charge < -0.3 is 19.5 Å². The number of fused-ring (bicyclic) bond motifs is 1. The Balaban J connectivity index is 0.00000291. The first-order valence-electron chi connectivity index (χ1n) is 23.0. The second-order valence-corrected chi connectivity index (χ2v) is 15.4. The highest BCUT2D eigenvalue weighted by atomic mass is 16.5. The Hall–Kier alpha value is -4.35. The molecule has 2 unspecified atom stereocenters. The molecule has 0 saturated heterocycles. The predicted molar refractivity (Wildman–Crippen MR) is 261 cm³/mol. The van der Waals surface area contributed by atoms with E-state index in [1.165, 1.54) is 65.6 Å². The number of nitrogens with one attached hydrogen (secondary N) is 1. The average Bonchev–Trinajstić information content (AvgIpc) is 3.50. The van der Waals surface area contributed by atoms with Gasteiger partial charge in [-0.2, -0.15) is 0 Å². The number of benzene rings is 3. The van der Waals surface area contributed by atoms with Gasteiger partial charge in [-0.05, 0) is 149 Å². The molecule has 5 nitrogen and oxygen atoms in total. The van der Waals surface area contributed by atoms with Crippen LogP contribution in [0.5, 0.6) is 5.75 Å². The van der Waals surface area contributed by atoms with Crippen LogP contribution in [0.1, 0.15) is 164 Å². The summed E-state index contributed by atoms with van der Waals surface area (Å²) in [7, 11) is 1.70. The highest BCUT2D eigenvalue weighted by Crippen LogP contribution is 2.39. The van der Waals surface area contributed by atoms with E-state index in [2.05, 4.69) is 137 Å². The second-order valence-electron chi connectivity index (χ2n) is 15.4. The molecule has 4 aromatic rings. The van der Waals surface area contributed by atoms with Crippen LogP contribution in [0.15, 0.2) is 85.0 Å². The molecule has 324 valence electrons. The Kier molecular flexibility index (Phi) is 23.6. The number of methoxy groups -OCH3 is 1. The molecular weight excluding hydrogens is 723 g/mol. The number of aryl methyl sites for hydroxylation is 2. The molecule has 0 fully saturated rings. The van der Waals surface area contributed by atoms with Gasteiger partial charge in [0.25, 0.3) is 5.91 Å². The number of allylic oxidation sites excluding steroid dienone is 6. The molecule has 1 amide bonds.